The van der Waals surface area contributed by atoms with Gasteiger partial charge in [-0.1, -0.05) is 0 Å². The molecule has 7 heteroatoms. The van der Waals surface area contributed by atoms with E-state index in [-0.39, 0.29) is 11.9 Å². The summed E-state index contributed by atoms with van der Waals surface area (Å²) in [4.78, 5) is 19.6. The van der Waals surface area contributed by atoms with E-state index < -0.39 is 0 Å². The van der Waals surface area contributed by atoms with E-state index in [2.05, 4.69) is 20.5 Å². The molecule has 0 saturated carbocycles. The highest BCUT2D eigenvalue weighted by Crippen LogP contribution is 2.26. The quantitative estimate of drug-likeness (QED) is 0.747. The van der Waals surface area contributed by atoms with Crippen LogP contribution in [-0.2, 0) is 7.05 Å². The van der Waals surface area contributed by atoms with Crippen LogP contribution < -0.4 is 5.32 Å². The van der Waals surface area contributed by atoms with Gasteiger partial charge in [-0.15, -0.1) is 0 Å². The number of hydrogen-bond acceptors (Lipinski definition) is 4. The molecule has 3 heterocycles. The number of nitrogens with one attached hydrogen (secondary N) is 2. The first-order valence-electron chi connectivity index (χ1n) is 8.08. The van der Waals surface area contributed by atoms with Crippen LogP contribution in [-0.4, -0.2) is 50.2 Å². The molecule has 0 spiro atoms. The summed E-state index contributed by atoms with van der Waals surface area (Å²) in [5.41, 5.74) is 2.52. The summed E-state index contributed by atoms with van der Waals surface area (Å²) in [5, 5.41) is 11.4. The highest BCUT2D eigenvalue weighted by Gasteiger charge is 2.32. The van der Waals surface area contributed by atoms with Crippen LogP contribution in [0.3, 0.4) is 0 Å². The number of hydrogen-bond donors (Lipinski definition) is 2. The van der Waals surface area contributed by atoms with Crippen molar-refractivity contribution in [2.45, 2.75) is 13.0 Å². The Hall–Kier alpha value is -2.67. The molecule has 7 nitrogen and oxygen atoms in total. The van der Waals surface area contributed by atoms with Crippen LogP contribution in [0.25, 0.3) is 10.9 Å². The molecule has 2 N–H and O–H groups in total. The zero-order valence-corrected chi connectivity index (χ0v) is 13.8. The van der Waals surface area contributed by atoms with Crippen molar-refractivity contribution in [2.75, 3.05) is 19.6 Å². The number of carbonyl (C=O) groups excluding carboxylic acids is 1. The lowest BCUT2D eigenvalue weighted by atomic mass is 10.0. The van der Waals surface area contributed by atoms with Crippen molar-refractivity contribution in [1.29, 1.82) is 0 Å². The molecule has 0 radical (unpaired) electrons. The van der Waals surface area contributed by atoms with Gasteiger partial charge in [-0.3, -0.25) is 9.89 Å². The summed E-state index contributed by atoms with van der Waals surface area (Å²) >= 11 is 0. The van der Waals surface area contributed by atoms with E-state index in [1.807, 2.05) is 41.8 Å². The molecule has 24 heavy (non-hydrogen) atoms. The fourth-order valence-electron chi connectivity index (χ4n) is 3.41. The van der Waals surface area contributed by atoms with Gasteiger partial charge in [0.1, 0.15) is 11.9 Å². The summed E-state index contributed by atoms with van der Waals surface area (Å²) in [6, 6.07) is 3.88. The number of benzene rings is 1. The second-order valence-electron chi connectivity index (χ2n) is 6.26. The van der Waals surface area contributed by atoms with Crippen molar-refractivity contribution in [2.24, 2.45) is 7.05 Å². The zero-order valence-electron chi connectivity index (χ0n) is 13.8. The molecular weight excluding hydrogens is 304 g/mol. The first-order valence-corrected chi connectivity index (χ1v) is 8.08. The summed E-state index contributed by atoms with van der Waals surface area (Å²) in [7, 11) is 1.96. The van der Waals surface area contributed by atoms with Gasteiger partial charge in [0.15, 0.2) is 0 Å². The molecule has 1 aromatic carbocycles. The number of carbonyl (C=O) groups is 1. The maximum absolute atomic E-state index is 13.3. The highest BCUT2D eigenvalue weighted by atomic mass is 16.2. The fraction of sp³-hybridized carbons (Fsp3) is 0.353. The SMILES string of the molecule is Cc1cc(C(=O)N2CCNCC2c2nccn2C)c2[nH]ncc2c1. The second kappa shape index (κ2) is 5.76. The van der Waals surface area contributed by atoms with Gasteiger partial charge in [-0.05, 0) is 24.6 Å². The van der Waals surface area contributed by atoms with Crippen molar-refractivity contribution in [3.05, 3.63) is 47.7 Å². The van der Waals surface area contributed by atoms with Crippen molar-refractivity contribution in [1.82, 2.24) is 30.0 Å². The predicted molar refractivity (Wildman–Crippen MR) is 90.7 cm³/mol. The number of fused-ring (bicyclic) bond motifs is 1. The highest BCUT2D eigenvalue weighted by molar-refractivity contribution is 6.05. The molecule has 1 fully saturated rings. The molecule has 1 aliphatic heterocycles. The van der Waals surface area contributed by atoms with Gasteiger partial charge >= 0.3 is 0 Å². The number of nitrogens with zero attached hydrogens (tertiary/aromatic N) is 4. The van der Waals surface area contributed by atoms with E-state index in [4.69, 9.17) is 0 Å². The standard InChI is InChI=1S/C17H20N6O/c1-11-7-12-9-20-21-15(12)13(8-11)17(24)23-6-3-18-10-14(23)16-19-4-5-22(16)2/h4-5,7-9,14,18H,3,6,10H2,1-2H3,(H,20,21). The molecule has 2 aromatic heterocycles. The van der Waals surface area contributed by atoms with Crippen LogP contribution in [0, 0.1) is 6.92 Å². The van der Waals surface area contributed by atoms with Crippen molar-refractivity contribution in [3.8, 4) is 0 Å². The average molecular weight is 324 g/mol. The van der Waals surface area contributed by atoms with E-state index in [1.165, 1.54) is 0 Å². The molecule has 0 aliphatic carbocycles. The molecule has 1 aliphatic rings. The normalized spacial score (nSPS) is 18.2. The third-order valence-electron chi connectivity index (χ3n) is 4.58. The van der Waals surface area contributed by atoms with Crippen molar-refractivity contribution in [3.63, 3.8) is 0 Å². The van der Waals surface area contributed by atoms with Crippen LogP contribution in [0.4, 0.5) is 0 Å². The third kappa shape index (κ3) is 2.37. The van der Waals surface area contributed by atoms with Crippen LogP contribution in [0.5, 0.6) is 0 Å². The number of rotatable bonds is 2. The van der Waals surface area contributed by atoms with Crippen molar-refractivity contribution < 1.29 is 4.79 Å². The van der Waals surface area contributed by atoms with E-state index in [1.54, 1.807) is 12.4 Å². The maximum atomic E-state index is 13.3. The maximum Gasteiger partial charge on any atom is 0.256 e. The van der Waals surface area contributed by atoms with Gasteiger partial charge in [-0.2, -0.15) is 5.10 Å². The Morgan fingerprint density at radius 1 is 1.38 bits per heavy atom. The molecule has 1 atom stereocenters. The molecule has 1 unspecified atom stereocenters. The van der Waals surface area contributed by atoms with E-state index in [9.17, 15) is 4.79 Å². The molecule has 0 bridgehead atoms. The molecular formula is C17H20N6O. The number of imidazole rings is 1. The zero-order chi connectivity index (χ0) is 16.7. The third-order valence-corrected chi connectivity index (χ3v) is 4.58. The van der Waals surface area contributed by atoms with Crippen molar-refractivity contribution >= 4 is 16.8 Å². The first kappa shape index (κ1) is 14.9. The van der Waals surface area contributed by atoms with Gasteiger partial charge < -0.3 is 14.8 Å². The summed E-state index contributed by atoms with van der Waals surface area (Å²) in [6.45, 7) is 4.14. The van der Waals surface area contributed by atoms with Crippen LogP contribution in [0.15, 0.2) is 30.7 Å². The molecule has 4 rings (SSSR count). The smallest absolute Gasteiger partial charge is 0.256 e. The Morgan fingerprint density at radius 2 is 2.25 bits per heavy atom. The molecule has 3 aromatic rings. The van der Waals surface area contributed by atoms with Gasteiger partial charge in [-0.25, -0.2) is 4.98 Å². The largest absolute Gasteiger partial charge is 0.336 e. The van der Waals surface area contributed by atoms with Gasteiger partial charge in [0, 0.05) is 44.5 Å². The number of aromatic nitrogens is 4. The fourth-order valence-corrected chi connectivity index (χ4v) is 3.41. The monoisotopic (exact) mass is 324 g/mol. The Balaban J connectivity index is 1.76. The van der Waals surface area contributed by atoms with Crippen LogP contribution in [0.2, 0.25) is 0 Å². The van der Waals surface area contributed by atoms with E-state index in [0.717, 1.165) is 28.8 Å². The second-order valence-corrected chi connectivity index (χ2v) is 6.26. The summed E-state index contributed by atoms with van der Waals surface area (Å²) in [5.74, 6) is 0.909. The number of aromatic amines is 1. The number of H-pyrrole nitrogens is 1. The Labute approximate surface area is 139 Å². The Bertz CT molecular complexity index is 896. The first-order chi connectivity index (χ1) is 11.6. The summed E-state index contributed by atoms with van der Waals surface area (Å²) in [6.07, 6.45) is 5.44. The van der Waals surface area contributed by atoms with Gasteiger partial charge in [0.2, 0.25) is 0 Å². The number of amides is 1. The predicted octanol–water partition coefficient (Wildman–Crippen LogP) is 1.39. The molecule has 124 valence electrons. The lowest BCUT2D eigenvalue weighted by Gasteiger charge is -2.36. The Morgan fingerprint density at radius 3 is 3.04 bits per heavy atom. The lowest BCUT2D eigenvalue weighted by molar-refractivity contribution is 0.0622. The van der Waals surface area contributed by atoms with Crippen LogP contribution >= 0.6 is 0 Å². The number of aryl methyl sites for hydroxylation is 2. The topological polar surface area (TPSA) is 78.8 Å². The minimum absolute atomic E-state index is 0.0162. The molecule has 1 amide bonds. The molecule has 1 saturated heterocycles. The van der Waals surface area contributed by atoms with E-state index in [0.29, 0.717) is 18.7 Å². The van der Waals surface area contributed by atoms with Gasteiger partial charge in [0.25, 0.3) is 5.91 Å². The Kier molecular flexibility index (Phi) is 3.57. The average Bonchev–Trinajstić information content (AvgIpc) is 3.22. The van der Waals surface area contributed by atoms with E-state index >= 15 is 0 Å². The minimum atomic E-state index is -0.0790. The lowest BCUT2D eigenvalue weighted by Crippen LogP contribution is -2.49. The van der Waals surface area contributed by atoms with Crippen LogP contribution in [0.1, 0.15) is 27.8 Å². The number of piperazine rings is 1. The summed E-state index contributed by atoms with van der Waals surface area (Å²) < 4.78 is 1.97. The minimum Gasteiger partial charge on any atom is -0.336 e. The van der Waals surface area contributed by atoms with Gasteiger partial charge in [0.05, 0.1) is 17.3 Å².